The van der Waals surface area contributed by atoms with Crippen LogP contribution in [-0.4, -0.2) is 120 Å². The van der Waals surface area contributed by atoms with E-state index in [0.717, 1.165) is 80.5 Å². The summed E-state index contributed by atoms with van der Waals surface area (Å²) < 4.78 is 54.6. The number of carbonyl (C=O) groups is 2. The second-order valence-electron chi connectivity index (χ2n) is 32.1. The first-order valence-corrected chi connectivity index (χ1v) is 35.4. The predicted molar refractivity (Wildman–Crippen MR) is 345 cm³/mol. The third kappa shape index (κ3) is 11.4. The van der Waals surface area contributed by atoms with Crippen LogP contribution in [0.2, 0.25) is 0 Å². The number of halogens is 2. The number of esters is 2. The van der Waals surface area contributed by atoms with Crippen molar-refractivity contribution in [3.8, 4) is 24.7 Å². The molecule has 0 spiro atoms. The van der Waals surface area contributed by atoms with Crippen molar-refractivity contribution < 1.29 is 57.7 Å². The zero-order chi connectivity index (χ0) is 66.6. The van der Waals surface area contributed by atoms with Gasteiger partial charge in [-0.05, 0) is 221 Å². The topological polar surface area (TPSA) is 291 Å². The van der Waals surface area contributed by atoms with Crippen LogP contribution in [0.1, 0.15) is 208 Å². The fourth-order valence-electron chi connectivity index (χ4n) is 22.8. The van der Waals surface area contributed by atoms with Crippen molar-refractivity contribution in [2.75, 3.05) is 24.7 Å². The number of aliphatic hydroxyl groups excluding tert-OH is 4. The van der Waals surface area contributed by atoms with Gasteiger partial charge in [-0.3, -0.25) is 18.7 Å². The molecule has 10 aliphatic rings. The van der Waals surface area contributed by atoms with E-state index in [1.165, 1.54) is 105 Å². The van der Waals surface area contributed by atoms with Crippen LogP contribution in [0.25, 0.3) is 22.3 Å². The molecule has 20 nitrogen and oxygen atoms in total. The van der Waals surface area contributed by atoms with Gasteiger partial charge in [-0.25, -0.2) is 9.97 Å². The van der Waals surface area contributed by atoms with Crippen LogP contribution in [0.15, 0.2) is 12.7 Å². The molecule has 0 aromatic carbocycles. The Labute approximate surface area is 551 Å². The monoisotopic (exact) mass is 1300 g/mol. The highest BCUT2D eigenvalue weighted by molar-refractivity contribution is 5.82. The van der Waals surface area contributed by atoms with Gasteiger partial charge in [-0.1, -0.05) is 53.4 Å². The highest BCUT2D eigenvalue weighted by Gasteiger charge is 2.63. The lowest BCUT2D eigenvalue weighted by atomic mass is 9.44. The molecule has 8 saturated carbocycles. The van der Waals surface area contributed by atoms with Gasteiger partial charge in [0, 0.05) is 25.7 Å². The van der Waals surface area contributed by atoms with Gasteiger partial charge in [0.1, 0.15) is 31.3 Å². The summed E-state index contributed by atoms with van der Waals surface area (Å²) in [5, 5.41) is 42.0. The molecule has 0 bridgehead atoms. The van der Waals surface area contributed by atoms with Crippen molar-refractivity contribution in [2.45, 2.75) is 244 Å². The summed E-state index contributed by atoms with van der Waals surface area (Å²) in [6.07, 6.45) is 32.1. The van der Waals surface area contributed by atoms with Crippen molar-refractivity contribution in [3.63, 3.8) is 0 Å². The minimum absolute atomic E-state index is 0.0703. The van der Waals surface area contributed by atoms with Crippen LogP contribution >= 0.6 is 0 Å². The Morgan fingerprint density at radius 1 is 0.617 bits per heavy atom. The molecule has 8 N–H and O–H groups in total. The number of nitrogen functional groups attached to an aromatic ring is 2. The Morgan fingerprint density at radius 3 is 1.54 bits per heavy atom. The Balaban J connectivity index is 0.000000171. The first kappa shape index (κ1) is 67.0. The van der Waals surface area contributed by atoms with Crippen LogP contribution in [0, 0.1) is 130 Å². The number of rotatable bonds is 14. The van der Waals surface area contributed by atoms with Crippen molar-refractivity contribution in [1.82, 2.24) is 39.0 Å². The van der Waals surface area contributed by atoms with E-state index in [4.69, 9.17) is 43.3 Å². The van der Waals surface area contributed by atoms with Gasteiger partial charge in [-0.2, -0.15) is 28.7 Å². The van der Waals surface area contributed by atoms with E-state index in [1.54, 1.807) is 0 Å². The van der Waals surface area contributed by atoms with Gasteiger partial charge in [0.2, 0.25) is 0 Å². The van der Waals surface area contributed by atoms with E-state index >= 15 is 0 Å². The third-order valence-corrected chi connectivity index (χ3v) is 27.9. The minimum atomic E-state index is -1.56. The molecule has 2 saturated heterocycles. The zero-order valence-electron chi connectivity index (χ0n) is 55.8. The number of anilines is 2. The molecule has 24 atom stereocenters. The maximum Gasteiger partial charge on any atom is 0.312 e. The largest absolute Gasteiger partial charge is 0.461 e. The van der Waals surface area contributed by atoms with Crippen molar-refractivity contribution in [2.24, 2.45) is 92.7 Å². The molecule has 0 unspecified atom stereocenters. The number of terminal acetylenes is 2. The number of ether oxygens (including phenoxy) is 4. The first-order valence-electron chi connectivity index (χ1n) is 35.4. The molecule has 0 amide bonds. The van der Waals surface area contributed by atoms with Crippen LogP contribution in [0.4, 0.5) is 20.4 Å². The lowest BCUT2D eigenvalue weighted by molar-refractivity contribution is -0.159. The first-order chi connectivity index (χ1) is 44.8. The Kier molecular flexibility index (Phi) is 18.1. The Morgan fingerprint density at radius 2 is 1.06 bits per heavy atom. The van der Waals surface area contributed by atoms with Gasteiger partial charge in [-0.15, -0.1) is 12.8 Å². The van der Waals surface area contributed by atoms with Crippen LogP contribution < -0.4 is 11.5 Å². The summed E-state index contributed by atoms with van der Waals surface area (Å²) in [6.45, 7) is 13.9. The molecular formula is C72H100F2N10O10. The molecule has 0 radical (unpaired) electrons. The number of nitrogens with zero attached hydrogens (tertiary/aromatic N) is 8. The average molecular weight is 1300 g/mol. The molecule has 22 heteroatoms. The maximum atomic E-state index is 14.0. The standard InChI is InChI=1S/2C36H50FN5O5/c1-5-36(27(44)17-28(47-36)42-19-39-30-31(38)40-33(37)41-32(30)42)18-46-29(45)11-6-20(2)24-9-10-25-23-8-7-21-16-22(43)12-14-34(21,3)26(23)13-15-35(24,25)4;1-5-36(18-43)27(17-28(47-36)42-19-39-30-31(38)40-33(37)41-32(30)42)46-29(45)11-6-20(2)24-9-10-25-23-8-7-21-16-22(44)12-14-34(21,3)26(23)13-15-35(24,25)4/h2*1,19-28,43-44H,6-18H2,2-4H3,(H2,38,40,41)/t2*20-,21-,22-,23+,24-,25+,26+,27+,28-,34+,35-,36-/m11/s1. The SMILES string of the molecule is C#C[C@]1(CO)O[C@@H](n2cnc3c(N)nc(F)nc32)C[C@@H]1OC(=O)CC[C@@H](C)[C@H]1CC[C@H]2[C@@H]3CC[C@@H]4C[C@H](O)CC[C@]4(C)[C@H]3CC[C@]12C.C#C[C@]1(COC(=O)CC[C@@H](C)[C@H]2CC[C@H]3[C@@H]4CC[C@@H]5C[C@H](O)CC[C@]5(C)[C@H]4CC[C@]23C)O[C@@H](n2cnc3c(N)nc(F)nc32)C[C@@H]1O. The molecule has 6 heterocycles. The van der Waals surface area contributed by atoms with Gasteiger partial charge in [0.05, 0.1) is 31.5 Å². The number of aromatic nitrogens is 8. The zero-order valence-corrected chi connectivity index (χ0v) is 55.8. The fraction of sp³-hybridized carbons (Fsp3) is 0.778. The van der Waals surface area contributed by atoms with E-state index in [2.05, 4.69) is 83.3 Å². The van der Waals surface area contributed by atoms with Crippen LogP contribution in [0.3, 0.4) is 0 Å². The second-order valence-corrected chi connectivity index (χ2v) is 32.1. The number of carbonyl (C=O) groups excluding carboxylic acids is 2. The minimum Gasteiger partial charge on any atom is -0.461 e. The predicted octanol–water partition coefficient (Wildman–Crippen LogP) is 10.4. The van der Waals surface area contributed by atoms with Gasteiger partial charge in [0.15, 0.2) is 45.2 Å². The van der Waals surface area contributed by atoms with E-state index in [1.807, 2.05) is 0 Å². The van der Waals surface area contributed by atoms with E-state index in [9.17, 15) is 38.8 Å². The summed E-state index contributed by atoms with van der Waals surface area (Å²) in [4.78, 5) is 49.4. The fourth-order valence-corrected chi connectivity index (χ4v) is 22.8. The Hall–Kier alpha value is -5.62. The summed E-state index contributed by atoms with van der Waals surface area (Å²) in [5.41, 5.74) is 10.5. The normalized spacial score (nSPS) is 41.9. The lowest BCUT2D eigenvalue weighted by Gasteiger charge is -2.61. The summed E-state index contributed by atoms with van der Waals surface area (Å²) in [6, 6.07) is 0. The van der Waals surface area contributed by atoms with Crippen molar-refractivity contribution in [3.05, 3.63) is 24.8 Å². The number of hydrogen-bond donors (Lipinski definition) is 6. The molecule has 14 rings (SSSR count). The van der Waals surface area contributed by atoms with E-state index < -0.39 is 54.6 Å². The van der Waals surface area contributed by atoms with E-state index in [0.29, 0.717) is 51.8 Å². The summed E-state index contributed by atoms with van der Waals surface area (Å²) in [7, 11) is 0. The number of aliphatic hydroxyl groups is 4. The quantitative estimate of drug-likeness (QED) is 0.0389. The molecule has 4 aromatic rings. The van der Waals surface area contributed by atoms with Crippen molar-refractivity contribution in [1.29, 1.82) is 0 Å². The lowest BCUT2D eigenvalue weighted by Crippen LogP contribution is -2.54. The second kappa shape index (κ2) is 25.3. The number of fused-ring (bicyclic) bond motifs is 12. The molecule has 512 valence electrons. The Bertz CT molecular complexity index is 3570. The maximum absolute atomic E-state index is 14.0. The van der Waals surface area contributed by atoms with Gasteiger partial charge >= 0.3 is 24.1 Å². The highest BCUT2D eigenvalue weighted by Crippen LogP contribution is 2.70. The van der Waals surface area contributed by atoms with Crippen molar-refractivity contribution >= 4 is 45.9 Å². The average Bonchev–Trinajstić information content (AvgIpc) is 0.990. The summed E-state index contributed by atoms with van der Waals surface area (Å²) >= 11 is 0. The van der Waals surface area contributed by atoms with Gasteiger partial charge in [0.25, 0.3) is 0 Å². The van der Waals surface area contributed by atoms with E-state index in [-0.39, 0.29) is 95.8 Å². The number of hydrogen-bond acceptors (Lipinski definition) is 18. The van der Waals surface area contributed by atoms with Gasteiger partial charge < -0.3 is 50.8 Å². The number of imidazole rings is 2. The third-order valence-electron chi connectivity index (χ3n) is 27.9. The smallest absolute Gasteiger partial charge is 0.312 e. The molecule has 94 heavy (non-hydrogen) atoms. The number of nitrogens with two attached hydrogens (primary N) is 2. The molecular weight excluding hydrogens is 1200 g/mol. The molecule has 10 fully saturated rings. The van der Waals surface area contributed by atoms with Crippen LogP contribution in [0.5, 0.6) is 0 Å². The summed E-state index contributed by atoms with van der Waals surface area (Å²) in [5.74, 6) is 11.8. The molecule has 4 aromatic heterocycles. The molecule has 2 aliphatic heterocycles. The molecule has 8 aliphatic carbocycles. The highest BCUT2D eigenvalue weighted by atomic mass is 19.1. The van der Waals surface area contributed by atoms with Crippen LogP contribution in [-0.2, 0) is 28.5 Å².